The summed E-state index contributed by atoms with van der Waals surface area (Å²) in [5, 5.41) is 22.1. The number of carboxylic acid groups (broad SMARTS) is 2. The van der Waals surface area contributed by atoms with Gasteiger partial charge in [-0.1, -0.05) is 6.07 Å². The number of benzene rings is 1. The van der Waals surface area contributed by atoms with Crippen LogP contribution in [0.5, 0.6) is 0 Å². The number of rotatable bonds is 5. The molecule has 2 rings (SSSR count). The molecule has 21 heavy (non-hydrogen) atoms. The first-order chi connectivity index (χ1) is 9.95. The molecule has 1 aromatic rings. The van der Waals surface area contributed by atoms with Gasteiger partial charge in [-0.25, -0.2) is 9.59 Å². The fraction of sp³-hybridized carbons (Fsp3) is 0.357. The molecule has 4 N–H and O–H groups in total. The van der Waals surface area contributed by atoms with Gasteiger partial charge < -0.3 is 20.8 Å². The Balaban J connectivity index is 1.97. The first-order valence-corrected chi connectivity index (χ1v) is 6.59. The molecule has 1 atom stereocenters. The number of carbonyl (C=O) groups excluding carboxylic acids is 1. The summed E-state index contributed by atoms with van der Waals surface area (Å²) in [6.45, 7) is 0. The Bertz CT molecular complexity index is 585. The molecule has 1 aromatic carbocycles. The Morgan fingerprint density at radius 1 is 1.14 bits per heavy atom. The first-order valence-electron chi connectivity index (χ1n) is 6.59. The fourth-order valence-corrected chi connectivity index (χ4v) is 2.35. The Labute approximate surface area is 121 Å². The topological polar surface area (TPSA) is 116 Å². The third kappa shape index (κ3) is 3.95. The molecular formula is C14H16N2O5. The van der Waals surface area contributed by atoms with E-state index in [1.54, 1.807) is 6.07 Å². The highest BCUT2D eigenvalue weighted by Crippen LogP contribution is 2.24. The highest BCUT2D eigenvalue weighted by atomic mass is 16.4. The minimum Gasteiger partial charge on any atom is -0.481 e. The van der Waals surface area contributed by atoms with Crippen LogP contribution in [0.25, 0.3) is 0 Å². The molecule has 0 unspecified atom stereocenters. The summed E-state index contributed by atoms with van der Waals surface area (Å²) in [7, 11) is 0. The number of hydrogen-bond acceptors (Lipinski definition) is 3. The van der Waals surface area contributed by atoms with Crippen molar-refractivity contribution < 1.29 is 24.6 Å². The van der Waals surface area contributed by atoms with Crippen LogP contribution in [-0.4, -0.2) is 34.2 Å². The second kappa shape index (κ2) is 6.25. The van der Waals surface area contributed by atoms with Crippen molar-refractivity contribution in [2.24, 2.45) is 0 Å². The molecule has 1 aliphatic carbocycles. The number of nitrogens with one attached hydrogen (secondary N) is 2. The van der Waals surface area contributed by atoms with E-state index in [0.29, 0.717) is 5.69 Å². The fourth-order valence-electron chi connectivity index (χ4n) is 2.35. The normalized spacial score (nSPS) is 14.1. The number of carbonyl (C=O) groups is 3. The third-order valence-corrected chi connectivity index (χ3v) is 3.34. The van der Waals surface area contributed by atoms with Crippen LogP contribution in [0.4, 0.5) is 10.5 Å². The molecular weight excluding hydrogens is 276 g/mol. The number of carboxylic acids is 2. The summed E-state index contributed by atoms with van der Waals surface area (Å²) in [5.74, 6) is -2.68. The zero-order valence-electron chi connectivity index (χ0n) is 11.3. The van der Waals surface area contributed by atoms with Crippen LogP contribution in [0.15, 0.2) is 18.2 Å². The molecule has 0 aliphatic heterocycles. The van der Waals surface area contributed by atoms with Crippen LogP contribution in [0.1, 0.15) is 24.0 Å². The van der Waals surface area contributed by atoms with Crippen molar-refractivity contribution in [2.75, 3.05) is 5.32 Å². The van der Waals surface area contributed by atoms with E-state index in [1.807, 2.05) is 12.1 Å². The van der Waals surface area contributed by atoms with Gasteiger partial charge in [0.15, 0.2) is 0 Å². The molecule has 0 saturated heterocycles. The van der Waals surface area contributed by atoms with Crippen LogP contribution in [-0.2, 0) is 22.4 Å². The van der Waals surface area contributed by atoms with Gasteiger partial charge in [0.1, 0.15) is 6.04 Å². The second-order valence-corrected chi connectivity index (χ2v) is 4.92. The van der Waals surface area contributed by atoms with E-state index < -0.39 is 30.4 Å². The van der Waals surface area contributed by atoms with E-state index in [9.17, 15) is 14.4 Å². The Morgan fingerprint density at radius 3 is 2.52 bits per heavy atom. The van der Waals surface area contributed by atoms with E-state index >= 15 is 0 Å². The Kier molecular flexibility index (Phi) is 4.42. The number of aryl methyl sites for hydroxylation is 2. The van der Waals surface area contributed by atoms with Gasteiger partial charge >= 0.3 is 18.0 Å². The lowest BCUT2D eigenvalue weighted by Crippen LogP contribution is -2.44. The predicted molar refractivity (Wildman–Crippen MR) is 74.3 cm³/mol. The molecule has 0 saturated carbocycles. The maximum Gasteiger partial charge on any atom is 0.326 e. The van der Waals surface area contributed by atoms with Crippen molar-refractivity contribution >= 4 is 23.7 Å². The second-order valence-electron chi connectivity index (χ2n) is 4.92. The van der Waals surface area contributed by atoms with Crippen LogP contribution in [0, 0.1) is 0 Å². The first kappa shape index (κ1) is 14.8. The van der Waals surface area contributed by atoms with Crippen LogP contribution < -0.4 is 10.6 Å². The van der Waals surface area contributed by atoms with E-state index in [0.717, 1.165) is 19.3 Å². The number of amides is 2. The van der Waals surface area contributed by atoms with Gasteiger partial charge in [0, 0.05) is 5.69 Å². The van der Waals surface area contributed by atoms with Gasteiger partial charge in [-0.05, 0) is 42.5 Å². The van der Waals surface area contributed by atoms with Crippen LogP contribution in [0.2, 0.25) is 0 Å². The van der Waals surface area contributed by atoms with Crippen LogP contribution >= 0.6 is 0 Å². The van der Waals surface area contributed by atoms with Crippen molar-refractivity contribution in [1.29, 1.82) is 0 Å². The maximum absolute atomic E-state index is 11.7. The SMILES string of the molecule is O=C(O)C[C@H](NC(=O)Nc1ccc2c(c1)CCC2)C(=O)O. The molecule has 0 radical (unpaired) electrons. The molecule has 0 spiro atoms. The highest BCUT2D eigenvalue weighted by molar-refractivity contribution is 5.93. The van der Waals surface area contributed by atoms with Crippen molar-refractivity contribution in [3.63, 3.8) is 0 Å². The molecule has 0 bridgehead atoms. The summed E-state index contributed by atoms with van der Waals surface area (Å²) >= 11 is 0. The largest absolute Gasteiger partial charge is 0.481 e. The van der Waals surface area contributed by atoms with E-state index in [-0.39, 0.29) is 0 Å². The molecule has 7 nitrogen and oxygen atoms in total. The van der Waals surface area contributed by atoms with Crippen molar-refractivity contribution in [2.45, 2.75) is 31.7 Å². The summed E-state index contributed by atoms with van der Waals surface area (Å²) in [6, 6.07) is 3.34. The molecule has 0 fully saturated rings. The Morgan fingerprint density at radius 2 is 1.86 bits per heavy atom. The molecule has 2 amide bonds. The standard InChI is InChI=1S/C14H16N2O5/c17-12(18)7-11(13(19)20)16-14(21)15-10-5-4-8-2-1-3-9(8)6-10/h4-6,11H,1-3,7H2,(H,17,18)(H,19,20)(H2,15,16,21)/t11-/m0/s1. The average Bonchev–Trinajstić information content (AvgIpc) is 2.84. The quantitative estimate of drug-likeness (QED) is 0.651. The molecule has 7 heteroatoms. The van der Waals surface area contributed by atoms with Gasteiger partial charge in [0.05, 0.1) is 6.42 Å². The number of aliphatic carboxylic acids is 2. The zero-order valence-corrected chi connectivity index (χ0v) is 11.3. The van der Waals surface area contributed by atoms with Gasteiger partial charge in [-0.2, -0.15) is 0 Å². The summed E-state index contributed by atoms with van der Waals surface area (Å²) < 4.78 is 0. The molecule has 0 aromatic heterocycles. The summed E-state index contributed by atoms with van der Waals surface area (Å²) in [4.78, 5) is 33.1. The lowest BCUT2D eigenvalue weighted by Gasteiger charge is -2.13. The monoisotopic (exact) mass is 292 g/mol. The lowest BCUT2D eigenvalue weighted by atomic mass is 10.1. The van der Waals surface area contributed by atoms with Gasteiger partial charge in [0.25, 0.3) is 0 Å². The maximum atomic E-state index is 11.7. The van der Waals surface area contributed by atoms with Crippen molar-refractivity contribution in [3.8, 4) is 0 Å². The zero-order chi connectivity index (χ0) is 15.4. The number of urea groups is 1. The van der Waals surface area contributed by atoms with Gasteiger partial charge in [-0.15, -0.1) is 0 Å². The lowest BCUT2D eigenvalue weighted by molar-refractivity contribution is -0.145. The van der Waals surface area contributed by atoms with E-state index in [1.165, 1.54) is 11.1 Å². The third-order valence-electron chi connectivity index (χ3n) is 3.34. The molecule has 1 aliphatic rings. The summed E-state index contributed by atoms with van der Waals surface area (Å²) in [6.07, 6.45) is 2.41. The van der Waals surface area contributed by atoms with Crippen LogP contribution in [0.3, 0.4) is 0 Å². The molecule has 112 valence electrons. The minimum absolute atomic E-state index is 0.563. The highest BCUT2D eigenvalue weighted by Gasteiger charge is 2.23. The Hall–Kier alpha value is -2.57. The average molecular weight is 292 g/mol. The molecule has 0 heterocycles. The number of anilines is 1. The van der Waals surface area contributed by atoms with Gasteiger partial charge in [0.2, 0.25) is 0 Å². The smallest absolute Gasteiger partial charge is 0.326 e. The van der Waals surface area contributed by atoms with Gasteiger partial charge in [-0.3, -0.25) is 4.79 Å². The number of hydrogen-bond donors (Lipinski definition) is 4. The minimum atomic E-state index is -1.46. The number of fused-ring (bicyclic) bond motifs is 1. The van der Waals surface area contributed by atoms with Crippen molar-refractivity contribution in [1.82, 2.24) is 5.32 Å². The summed E-state index contributed by atoms with van der Waals surface area (Å²) in [5.41, 5.74) is 3.00. The van der Waals surface area contributed by atoms with Crippen molar-refractivity contribution in [3.05, 3.63) is 29.3 Å². The predicted octanol–water partition coefficient (Wildman–Crippen LogP) is 1.22. The van der Waals surface area contributed by atoms with E-state index in [4.69, 9.17) is 10.2 Å². The van der Waals surface area contributed by atoms with E-state index in [2.05, 4.69) is 10.6 Å².